The number of nitrogens with one attached hydrogen (secondary N) is 1. The second-order valence-corrected chi connectivity index (χ2v) is 4.59. The molecule has 102 valence electrons. The molecular weight excluding hydrogens is 260 g/mol. The first-order valence-corrected chi connectivity index (χ1v) is 6.70. The molecule has 0 amide bonds. The quantitative estimate of drug-likeness (QED) is 0.528. The van der Waals surface area contributed by atoms with E-state index in [-0.39, 0.29) is 0 Å². The highest BCUT2D eigenvalue weighted by Crippen LogP contribution is 2.24. The van der Waals surface area contributed by atoms with Crippen molar-refractivity contribution in [1.29, 1.82) is 0 Å². The maximum absolute atomic E-state index is 9.94. The minimum Gasteiger partial charge on any atom is -0.355 e. The molecular formula is C18H14N2O. The van der Waals surface area contributed by atoms with E-state index in [2.05, 4.69) is 58.5 Å². The molecule has 2 aromatic heterocycles. The van der Waals surface area contributed by atoms with Gasteiger partial charge in [-0.3, -0.25) is 9.78 Å². The average Bonchev–Trinajstić information content (AvgIpc) is 2.95. The average molecular weight is 274 g/mol. The fourth-order valence-electron chi connectivity index (χ4n) is 2.24. The van der Waals surface area contributed by atoms with Crippen LogP contribution in [0.4, 0.5) is 0 Å². The van der Waals surface area contributed by atoms with Crippen LogP contribution in [0.1, 0.15) is 10.5 Å². The van der Waals surface area contributed by atoms with E-state index in [9.17, 15) is 4.79 Å². The van der Waals surface area contributed by atoms with Gasteiger partial charge in [-0.1, -0.05) is 42.5 Å². The minimum absolute atomic E-state index is 0.479. The lowest BCUT2D eigenvalue weighted by Gasteiger charge is -1.87. The van der Waals surface area contributed by atoms with Crippen LogP contribution in [0.15, 0.2) is 72.9 Å². The number of benzene rings is 2. The normalized spacial score (nSPS) is 10.1. The summed E-state index contributed by atoms with van der Waals surface area (Å²) in [5.41, 5.74) is 2.90. The van der Waals surface area contributed by atoms with Gasteiger partial charge in [0.1, 0.15) is 5.69 Å². The SMILES string of the molecule is O=Cc1ccccn1.c1ccc2c(c1)[nH]c1ccccc12. The first kappa shape index (κ1) is 13.1. The zero-order chi connectivity index (χ0) is 14.5. The largest absolute Gasteiger partial charge is 0.355 e. The maximum Gasteiger partial charge on any atom is 0.168 e. The van der Waals surface area contributed by atoms with Crippen LogP contribution in [0.2, 0.25) is 0 Å². The van der Waals surface area contributed by atoms with Crippen LogP contribution in [0.3, 0.4) is 0 Å². The Morgan fingerprint density at radius 2 is 1.33 bits per heavy atom. The van der Waals surface area contributed by atoms with E-state index in [1.54, 1.807) is 24.4 Å². The van der Waals surface area contributed by atoms with Gasteiger partial charge in [-0.25, -0.2) is 0 Å². The monoisotopic (exact) mass is 274 g/mol. The number of fused-ring (bicyclic) bond motifs is 3. The van der Waals surface area contributed by atoms with Crippen LogP contribution < -0.4 is 0 Å². The van der Waals surface area contributed by atoms with E-state index in [0.29, 0.717) is 5.69 Å². The first-order valence-electron chi connectivity index (χ1n) is 6.70. The third-order valence-corrected chi connectivity index (χ3v) is 3.22. The van der Waals surface area contributed by atoms with Gasteiger partial charge in [0.15, 0.2) is 6.29 Å². The topological polar surface area (TPSA) is 45.8 Å². The number of para-hydroxylation sites is 2. The molecule has 0 aliphatic rings. The third-order valence-electron chi connectivity index (χ3n) is 3.22. The number of hydrogen-bond donors (Lipinski definition) is 1. The van der Waals surface area contributed by atoms with Crippen molar-refractivity contribution < 1.29 is 4.79 Å². The van der Waals surface area contributed by atoms with Gasteiger partial charge in [-0.15, -0.1) is 0 Å². The van der Waals surface area contributed by atoms with Crippen molar-refractivity contribution in [2.45, 2.75) is 0 Å². The molecule has 0 atom stereocenters. The van der Waals surface area contributed by atoms with Gasteiger partial charge in [-0.2, -0.15) is 0 Å². The first-order chi connectivity index (χ1) is 10.4. The van der Waals surface area contributed by atoms with Crippen molar-refractivity contribution in [3.05, 3.63) is 78.6 Å². The van der Waals surface area contributed by atoms with Crippen LogP contribution in [0, 0.1) is 0 Å². The van der Waals surface area contributed by atoms with E-state index in [1.165, 1.54) is 21.8 Å². The highest BCUT2D eigenvalue weighted by molar-refractivity contribution is 6.06. The summed E-state index contributed by atoms with van der Waals surface area (Å²) in [6.45, 7) is 0. The zero-order valence-corrected chi connectivity index (χ0v) is 11.4. The standard InChI is InChI=1S/C12H9N.C6H5NO/c1-3-7-11-9(5-1)10-6-2-4-8-12(10)13-11;8-5-6-3-1-2-4-7-6/h1-8,13H;1-5H. The van der Waals surface area contributed by atoms with Gasteiger partial charge in [0.05, 0.1) is 0 Å². The second kappa shape index (κ2) is 6.01. The number of rotatable bonds is 1. The number of hydrogen-bond acceptors (Lipinski definition) is 2. The molecule has 0 unspecified atom stereocenters. The molecule has 2 aromatic carbocycles. The number of carbonyl (C=O) groups excluding carboxylic acids is 1. The highest BCUT2D eigenvalue weighted by Gasteiger charge is 2.00. The summed E-state index contributed by atoms with van der Waals surface area (Å²) in [7, 11) is 0. The molecule has 4 rings (SSSR count). The summed E-state index contributed by atoms with van der Waals surface area (Å²) >= 11 is 0. The van der Waals surface area contributed by atoms with E-state index in [0.717, 1.165) is 6.29 Å². The smallest absolute Gasteiger partial charge is 0.168 e. The maximum atomic E-state index is 9.94. The number of aldehydes is 1. The number of H-pyrrole nitrogens is 1. The summed E-state index contributed by atoms with van der Waals surface area (Å²) in [6, 6.07) is 22.0. The fourth-order valence-corrected chi connectivity index (χ4v) is 2.24. The van der Waals surface area contributed by atoms with E-state index in [1.807, 2.05) is 0 Å². The van der Waals surface area contributed by atoms with Gasteiger partial charge in [0, 0.05) is 28.0 Å². The predicted octanol–water partition coefficient (Wildman–Crippen LogP) is 4.22. The van der Waals surface area contributed by atoms with Gasteiger partial charge in [0.25, 0.3) is 0 Å². The summed E-state index contributed by atoms with van der Waals surface area (Å²) in [6.07, 6.45) is 2.31. The Kier molecular flexibility index (Phi) is 3.74. The lowest BCUT2D eigenvalue weighted by molar-refractivity contribution is 0.111. The molecule has 0 spiro atoms. The van der Waals surface area contributed by atoms with Crippen molar-refractivity contribution in [2.24, 2.45) is 0 Å². The molecule has 0 fully saturated rings. The Morgan fingerprint density at radius 3 is 1.81 bits per heavy atom. The molecule has 3 heteroatoms. The summed E-state index contributed by atoms with van der Waals surface area (Å²) in [4.78, 5) is 17.1. The molecule has 0 radical (unpaired) electrons. The molecule has 21 heavy (non-hydrogen) atoms. The predicted molar refractivity (Wildman–Crippen MR) is 85.4 cm³/mol. The Bertz CT molecular complexity index is 816. The molecule has 0 aliphatic heterocycles. The van der Waals surface area contributed by atoms with Gasteiger partial charge < -0.3 is 4.98 Å². The minimum atomic E-state index is 0.479. The zero-order valence-electron chi connectivity index (χ0n) is 11.4. The van der Waals surface area contributed by atoms with Crippen LogP contribution in [-0.2, 0) is 0 Å². The van der Waals surface area contributed by atoms with Gasteiger partial charge >= 0.3 is 0 Å². The van der Waals surface area contributed by atoms with E-state index < -0.39 is 0 Å². The summed E-state index contributed by atoms with van der Waals surface area (Å²) in [5.74, 6) is 0. The Hall–Kier alpha value is -2.94. The molecule has 0 saturated heterocycles. The summed E-state index contributed by atoms with van der Waals surface area (Å²) < 4.78 is 0. The van der Waals surface area contributed by atoms with Crippen molar-refractivity contribution in [3.63, 3.8) is 0 Å². The van der Waals surface area contributed by atoms with E-state index >= 15 is 0 Å². The van der Waals surface area contributed by atoms with E-state index in [4.69, 9.17) is 0 Å². The Balaban J connectivity index is 0.000000143. The number of pyridine rings is 1. The third kappa shape index (κ3) is 2.82. The molecule has 0 aliphatic carbocycles. The van der Waals surface area contributed by atoms with Crippen molar-refractivity contribution in [2.75, 3.05) is 0 Å². The lowest BCUT2D eigenvalue weighted by atomic mass is 10.2. The fraction of sp³-hybridized carbons (Fsp3) is 0. The summed E-state index contributed by atoms with van der Waals surface area (Å²) in [5, 5.41) is 2.61. The number of nitrogens with zero attached hydrogens (tertiary/aromatic N) is 1. The van der Waals surface area contributed by atoms with Gasteiger partial charge in [-0.05, 0) is 24.3 Å². The molecule has 0 saturated carbocycles. The molecule has 2 heterocycles. The molecule has 1 N–H and O–H groups in total. The lowest BCUT2D eigenvalue weighted by Crippen LogP contribution is -1.80. The number of carbonyl (C=O) groups is 1. The number of aromatic nitrogens is 2. The van der Waals surface area contributed by atoms with Crippen LogP contribution in [0.5, 0.6) is 0 Å². The van der Waals surface area contributed by atoms with Crippen molar-refractivity contribution in [3.8, 4) is 0 Å². The van der Waals surface area contributed by atoms with Crippen LogP contribution in [0.25, 0.3) is 21.8 Å². The highest BCUT2D eigenvalue weighted by atomic mass is 16.1. The second-order valence-electron chi connectivity index (χ2n) is 4.59. The van der Waals surface area contributed by atoms with Crippen LogP contribution >= 0.6 is 0 Å². The molecule has 3 nitrogen and oxygen atoms in total. The van der Waals surface area contributed by atoms with Crippen molar-refractivity contribution in [1.82, 2.24) is 9.97 Å². The van der Waals surface area contributed by atoms with Crippen molar-refractivity contribution >= 4 is 28.1 Å². The Labute approximate surface area is 122 Å². The molecule has 4 aromatic rings. The molecule has 0 bridgehead atoms. The van der Waals surface area contributed by atoms with Gasteiger partial charge in [0.2, 0.25) is 0 Å². The Morgan fingerprint density at radius 1 is 0.762 bits per heavy atom. The van der Waals surface area contributed by atoms with Crippen LogP contribution in [-0.4, -0.2) is 16.3 Å². The number of aromatic amines is 1.